The number of anilines is 1. The Bertz CT molecular complexity index is 1370. The number of H-pyrrole nitrogens is 1. The third-order valence-corrected chi connectivity index (χ3v) is 8.44. The molecule has 1 aromatic heterocycles. The fraction of sp³-hybridized carbons (Fsp3) is 0.346. The quantitative estimate of drug-likeness (QED) is 0.309. The number of amides is 1. The van der Waals surface area contributed by atoms with Gasteiger partial charge in [0, 0.05) is 57.2 Å². The number of rotatable bonds is 6. The number of methoxy groups -OCH3 is 1. The molecule has 1 aliphatic heterocycles. The van der Waals surface area contributed by atoms with E-state index >= 15 is 0 Å². The van der Waals surface area contributed by atoms with Crippen LogP contribution < -0.4 is 16.2 Å². The minimum absolute atomic E-state index is 0.0184. The van der Waals surface area contributed by atoms with Gasteiger partial charge in [0.15, 0.2) is 5.78 Å². The maximum atomic E-state index is 13.2. The van der Waals surface area contributed by atoms with E-state index in [0.717, 1.165) is 17.0 Å². The highest BCUT2D eigenvalue weighted by molar-refractivity contribution is 9.11. The molecule has 2 heterocycles. The number of halogens is 2. The summed E-state index contributed by atoms with van der Waals surface area (Å²) in [7, 11) is 1.61. The van der Waals surface area contributed by atoms with Gasteiger partial charge < -0.3 is 20.4 Å². The van der Waals surface area contributed by atoms with Crippen LogP contribution in [0.15, 0.2) is 56.3 Å². The zero-order valence-corrected chi connectivity index (χ0v) is 22.8. The number of aromatic nitrogens is 2. The number of Topliss-reactive ketones (excluding diaryl/α,β-unsaturated/α-hetero) is 1. The number of ketones is 1. The van der Waals surface area contributed by atoms with E-state index in [1.54, 1.807) is 30.0 Å². The SMILES string of the molecule is COc1cccc(-c2c[nH]c(=O)n2C2CCN(C(=O)C3CC3C(=O)c3cc(Br)c(N)c(Br)c3)CC2)c1. The Balaban J connectivity index is 1.24. The molecule has 0 spiro atoms. The molecule has 1 saturated heterocycles. The smallest absolute Gasteiger partial charge is 0.326 e. The first-order valence-electron chi connectivity index (χ1n) is 11.8. The molecule has 2 fully saturated rings. The predicted molar refractivity (Wildman–Crippen MR) is 144 cm³/mol. The molecular weight excluding hydrogens is 592 g/mol. The number of benzene rings is 2. The number of hydrogen-bond donors (Lipinski definition) is 2. The molecule has 0 radical (unpaired) electrons. The van der Waals surface area contributed by atoms with Crippen molar-refractivity contribution in [2.75, 3.05) is 25.9 Å². The second-order valence-corrected chi connectivity index (χ2v) is 11.0. The number of aromatic amines is 1. The van der Waals surface area contributed by atoms with E-state index in [1.165, 1.54) is 0 Å². The van der Waals surface area contributed by atoms with Crippen molar-refractivity contribution in [2.24, 2.45) is 11.8 Å². The van der Waals surface area contributed by atoms with E-state index in [4.69, 9.17) is 10.5 Å². The number of nitrogens with two attached hydrogens (primary N) is 1. The second kappa shape index (κ2) is 9.89. The van der Waals surface area contributed by atoms with Gasteiger partial charge in [-0.05, 0) is 75.4 Å². The third kappa shape index (κ3) is 4.64. The summed E-state index contributed by atoms with van der Waals surface area (Å²) in [6, 6.07) is 11.0. The van der Waals surface area contributed by atoms with E-state index in [1.807, 2.05) is 29.2 Å². The van der Waals surface area contributed by atoms with Gasteiger partial charge >= 0.3 is 5.69 Å². The van der Waals surface area contributed by atoms with Gasteiger partial charge in [-0.2, -0.15) is 0 Å². The standard InChI is InChI=1S/C26H26Br2N4O4/c1-36-17-4-2-3-14(9-17)22-13-30-26(35)32(22)16-5-7-31(8-6-16)25(34)19-12-18(19)24(33)15-10-20(27)23(29)21(28)11-15/h2-4,9-11,13,16,18-19H,5-8,12,29H2,1H3,(H,30,35). The molecule has 1 aliphatic carbocycles. The molecule has 2 aliphatic rings. The van der Waals surface area contributed by atoms with Crippen molar-refractivity contribution in [2.45, 2.75) is 25.3 Å². The van der Waals surface area contributed by atoms with Gasteiger partial charge in [-0.15, -0.1) is 0 Å². The lowest BCUT2D eigenvalue weighted by atomic mass is 10.0. The molecule has 2 unspecified atom stereocenters. The topological polar surface area (TPSA) is 110 Å². The first-order chi connectivity index (χ1) is 17.3. The number of nitrogens with one attached hydrogen (secondary N) is 1. The minimum atomic E-state index is -0.301. The Labute approximate surface area is 225 Å². The van der Waals surface area contributed by atoms with Gasteiger partial charge in [-0.3, -0.25) is 14.2 Å². The molecule has 8 nitrogen and oxygen atoms in total. The van der Waals surface area contributed by atoms with Crippen molar-refractivity contribution in [1.82, 2.24) is 14.5 Å². The van der Waals surface area contributed by atoms with Crippen LogP contribution in [0.4, 0.5) is 5.69 Å². The van der Waals surface area contributed by atoms with Gasteiger partial charge in [0.2, 0.25) is 5.91 Å². The van der Waals surface area contributed by atoms with Crippen LogP contribution in [-0.4, -0.2) is 46.3 Å². The summed E-state index contributed by atoms with van der Waals surface area (Å²) in [6.07, 6.45) is 3.63. The lowest BCUT2D eigenvalue weighted by Crippen LogP contribution is -2.41. The van der Waals surface area contributed by atoms with E-state index in [0.29, 0.717) is 52.5 Å². The normalized spacial score (nSPS) is 19.8. The van der Waals surface area contributed by atoms with Crippen molar-refractivity contribution < 1.29 is 14.3 Å². The van der Waals surface area contributed by atoms with Crippen LogP contribution in [-0.2, 0) is 4.79 Å². The highest BCUT2D eigenvalue weighted by atomic mass is 79.9. The highest BCUT2D eigenvalue weighted by Gasteiger charge is 2.50. The molecule has 3 aromatic rings. The van der Waals surface area contributed by atoms with Crippen LogP contribution in [0.25, 0.3) is 11.3 Å². The van der Waals surface area contributed by atoms with Crippen molar-refractivity contribution in [3.05, 3.63) is 67.6 Å². The van der Waals surface area contributed by atoms with E-state index < -0.39 is 0 Å². The molecule has 3 N–H and O–H groups in total. The van der Waals surface area contributed by atoms with E-state index in [-0.39, 0.29) is 35.3 Å². The Kier molecular flexibility index (Phi) is 6.82. The summed E-state index contributed by atoms with van der Waals surface area (Å²) in [4.78, 5) is 43.5. The van der Waals surface area contributed by atoms with Crippen molar-refractivity contribution >= 4 is 49.2 Å². The number of likely N-dealkylation sites (tertiary alicyclic amines) is 1. The van der Waals surface area contributed by atoms with Gasteiger partial charge in [-0.25, -0.2) is 4.79 Å². The van der Waals surface area contributed by atoms with Crippen LogP contribution >= 0.6 is 31.9 Å². The average Bonchev–Trinajstić information content (AvgIpc) is 3.60. The van der Waals surface area contributed by atoms with E-state index in [2.05, 4.69) is 36.8 Å². The summed E-state index contributed by atoms with van der Waals surface area (Å²) in [5.74, 6) is 0.123. The first kappa shape index (κ1) is 24.8. The number of hydrogen-bond acceptors (Lipinski definition) is 5. The number of ether oxygens (including phenoxy) is 1. The monoisotopic (exact) mass is 616 g/mol. The molecule has 2 aromatic carbocycles. The maximum Gasteiger partial charge on any atom is 0.326 e. The number of nitrogens with zero attached hydrogens (tertiary/aromatic N) is 2. The largest absolute Gasteiger partial charge is 0.497 e. The van der Waals surface area contributed by atoms with E-state index in [9.17, 15) is 14.4 Å². The van der Waals surface area contributed by atoms with Gasteiger partial charge in [0.05, 0.1) is 18.5 Å². The number of carbonyl (C=O) groups is 2. The van der Waals surface area contributed by atoms with Crippen molar-refractivity contribution in [1.29, 1.82) is 0 Å². The van der Waals surface area contributed by atoms with Crippen LogP contribution in [0.1, 0.15) is 35.7 Å². The Morgan fingerprint density at radius 2 is 1.78 bits per heavy atom. The lowest BCUT2D eigenvalue weighted by molar-refractivity contribution is -0.134. The van der Waals surface area contributed by atoms with Crippen LogP contribution in [0, 0.1) is 11.8 Å². The summed E-state index contributed by atoms with van der Waals surface area (Å²) in [6.45, 7) is 1.10. The molecule has 1 amide bonds. The third-order valence-electron chi connectivity index (χ3n) is 7.13. The molecule has 188 valence electrons. The van der Waals surface area contributed by atoms with Crippen molar-refractivity contribution in [3.63, 3.8) is 0 Å². The Morgan fingerprint density at radius 3 is 2.44 bits per heavy atom. The average molecular weight is 618 g/mol. The number of nitrogen functional groups attached to an aromatic ring is 1. The zero-order valence-electron chi connectivity index (χ0n) is 19.7. The first-order valence-corrected chi connectivity index (χ1v) is 13.4. The number of imidazole rings is 1. The maximum absolute atomic E-state index is 13.2. The summed E-state index contributed by atoms with van der Waals surface area (Å²) < 4.78 is 8.42. The number of carbonyl (C=O) groups excluding carboxylic acids is 2. The van der Waals surface area contributed by atoms with Gasteiger partial charge in [0.1, 0.15) is 5.75 Å². The summed E-state index contributed by atoms with van der Waals surface area (Å²) in [5, 5.41) is 0. The highest BCUT2D eigenvalue weighted by Crippen LogP contribution is 2.44. The fourth-order valence-corrected chi connectivity index (χ4v) is 6.21. The second-order valence-electron chi connectivity index (χ2n) is 9.30. The van der Waals surface area contributed by atoms with Crippen LogP contribution in [0.3, 0.4) is 0 Å². The molecule has 0 bridgehead atoms. The molecule has 10 heteroatoms. The Hall–Kier alpha value is -2.85. The van der Waals surface area contributed by atoms with Crippen molar-refractivity contribution in [3.8, 4) is 17.0 Å². The van der Waals surface area contributed by atoms with Gasteiger partial charge in [-0.1, -0.05) is 12.1 Å². The molecule has 5 rings (SSSR count). The Morgan fingerprint density at radius 1 is 1.08 bits per heavy atom. The lowest BCUT2D eigenvalue weighted by Gasteiger charge is -2.33. The van der Waals surface area contributed by atoms with Crippen LogP contribution in [0.5, 0.6) is 5.75 Å². The van der Waals surface area contributed by atoms with Crippen LogP contribution in [0.2, 0.25) is 0 Å². The fourth-order valence-electron chi connectivity index (χ4n) is 5.02. The predicted octanol–water partition coefficient (Wildman–Crippen LogP) is 4.64. The van der Waals surface area contributed by atoms with Gasteiger partial charge in [0.25, 0.3) is 0 Å². The number of piperidine rings is 1. The molecule has 36 heavy (non-hydrogen) atoms. The molecule has 1 saturated carbocycles. The summed E-state index contributed by atoms with van der Waals surface area (Å²) in [5.41, 5.74) is 8.55. The summed E-state index contributed by atoms with van der Waals surface area (Å²) >= 11 is 6.76. The zero-order chi connectivity index (χ0) is 25.6. The minimum Gasteiger partial charge on any atom is -0.497 e. The molecule has 2 atom stereocenters. The molecular formula is C26H26Br2N4O4.